The molecule has 0 aromatic heterocycles. The van der Waals surface area contributed by atoms with Crippen molar-refractivity contribution in [3.63, 3.8) is 0 Å². The summed E-state index contributed by atoms with van der Waals surface area (Å²) in [5.41, 5.74) is 0.711. The van der Waals surface area contributed by atoms with Gasteiger partial charge in [-0.2, -0.15) is 0 Å². The topological polar surface area (TPSA) is 58.9 Å². The summed E-state index contributed by atoms with van der Waals surface area (Å²) in [7, 11) is 0. The highest BCUT2D eigenvalue weighted by Gasteiger charge is 2.49. The maximum Gasteiger partial charge on any atom is 0.164 e. The van der Waals surface area contributed by atoms with E-state index in [2.05, 4.69) is 0 Å². The van der Waals surface area contributed by atoms with Crippen LogP contribution in [0.1, 0.15) is 13.8 Å². The van der Waals surface area contributed by atoms with Crippen LogP contribution in [0.2, 0.25) is 0 Å². The summed E-state index contributed by atoms with van der Waals surface area (Å²) in [5.74, 6) is -0.662. The molecule has 4 heteroatoms. The van der Waals surface area contributed by atoms with Gasteiger partial charge in [-0.15, -0.1) is 0 Å². The summed E-state index contributed by atoms with van der Waals surface area (Å²) >= 11 is 0. The summed E-state index contributed by atoms with van der Waals surface area (Å²) in [5, 5.41) is 18.5. The van der Waals surface area contributed by atoms with Crippen LogP contribution in [-0.4, -0.2) is 40.9 Å². The lowest BCUT2D eigenvalue weighted by Crippen LogP contribution is -2.29. The number of fused-ring (bicyclic) bond motifs is 1. The van der Waals surface area contributed by atoms with Crippen LogP contribution in [0.15, 0.2) is 11.6 Å². The van der Waals surface area contributed by atoms with Crippen LogP contribution in [0, 0.1) is 0 Å². The predicted molar refractivity (Wildman–Crippen MR) is 45.0 cm³/mol. The summed E-state index contributed by atoms with van der Waals surface area (Å²) in [6.45, 7) is 3.51. The standard InChI is InChI=1S/C9H14O4/c1-9(2)12-7-5(4-10)3-6(11)8(7)13-9/h3,6-8,10-11H,4H2,1-2H3. The highest BCUT2D eigenvalue weighted by Crippen LogP contribution is 2.37. The van der Waals surface area contributed by atoms with Crippen molar-refractivity contribution in [1.29, 1.82) is 0 Å². The first-order valence-corrected chi connectivity index (χ1v) is 4.38. The van der Waals surface area contributed by atoms with Crippen LogP contribution in [0.5, 0.6) is 0 Å². The molecule has 74 valence electrons. The molecule has 0 bridgehead atoms. The molecule has 2 aliphatic rings. The number of aliphatic hydroxyl groups excluding tert-OH is 2. The van der Waals surface area contributed by atoms with Gasteiger partial charge in [0.05, 0.1) is 6.61 Å². The van der Waals surface area contributed by atoms with Crippen molar-refractivity contribution in [2.45, 2.75) is 37.9 Å². The van der Waals surface area contributed by atoms with E-state index in [1.165, 1.54) is 0 Å². The predicted octanol–water partition coefficient (Wildman–Crippen LogP) is -0.200. The van der Waals surface area contributed by atoms with E-state index < -0.39 is 11.9 Å². The Bertz CT molecular complexity index is 246. The Morgan fingerprint density at radius 1 is 1.46 bits per heavy atom. The largest absolute Gasteiger partial charge is 0.392 e. The Labute approximate surface area is 76.8 Å². The average Bonchev–Trinajstić information content (AvgIpc) is 2.47. The van der Waals surface area contributed by atoms with Crippen molar-refractivity contribution >= 4 is 0 Å². The van der Waals surface area contributed by atoms with Crippen LogP contribution in [0.25, 0.3) is 0 Å². The van der Waals surface area contributed by atoms with Gasteiger partial charge in [-0.1, -0.05) is 0 Å². The molecular formula is C9H14O4. The zero-order valence-corrected chi connectivity index (χ0v) is 7.73. The molecule has 1 aliphatic carbocycles. The molecule has 0 amide bonds. The van der Waals surface area contributed by atoms with Crippen LogP contribution < -0.4 is 0 Å². The zero-order valence-electron chi connectivity index (χ0n) is 7.73. The van der Waals surface area contributed by atoms with Gasteiger partial charge in [0.2, 0.25) is 0 Å². The maximum absolute atomic E-state index is 9.54. The molecule has 0 radical (unpaired) electrons. The van der Waals surface area contributed by atoms with Crippen molar-refractivity contribution < 1.29 is 19.7 Å². The third-order valence-corrected chi connectivity index (χ3v) is 2.40. The quantitative estimate of drug-likeness (QED) is 0.557. The van der Waals surface area contributed by atoms with Crippen LogP contribution >= 0.6 is 0 Å². The fraction of sp³-hybridized carbons (Fsp3) is 0.778. The fourth-order valence-electron chi connectivity index (χ4n) is 1.88. The van der Waals surface area contributed by atoms with Gasteiger partial charge in [-0.25, -0.2) is 0 Å². The number of ether oxygens (including phenoxy) is 2. The second-order valence-corrected chi connectivity index (χ2v) is 3.91. The van der Waals surface area contributed by atoms with Crippen molar-refractivity contribution in [3.8, 4) is 0 Å². The van der Waals surface area contributed by atoms with E-state index in [1.54, 1.807) is 19.9 Å². The number of hydrogen-bond donors (Lipinski definition) is 2. The molecule has 0 aromatic rings. The van der Waals surface area contributed by atoms with Crippen LogP contribution in [0.3, 0.4) is 0 Å². The Hall–Kier alpha value is -0.420. The summed E-state index contributed by atoms with van der Waals surface area (Å²) < 4.78 is 11.0. The summed E-state index contributed by atoms with van der Waals surface area (Å²) in [6.07, 6.45) is 0.311. The lowest BCUT2D eigenvalue weighted by atomic mass is 10.1. The van der Waals surface area contributed by atoms with Crippen LogP contribution in [0.4, 0.5) is 0 Å². The molecule has 1 fully saturated rings. The number of aliphatic hydroxyl groups is 2. The van der Waals surface area contributed by atoms with Crippen LogP contribution in [-0.2, 0) is 9.47 Å². The first-order chi connectivity index (χ1) is 6.03. The molecule has 13 heavy (non-hydrogen) atoms. The monoisotopic (exact) mass is 186 g/mol. The van der Waals surface area contributed by atoms with Crippen molar-refractivity contribution in [3.05, 3.63) is 11.6 Å². The van der Waals surface area contributed by atoms with E-state index in [0.717, 1.165) is 0 Å². The second-order valence-electron chi connectivity index (χ2n) is 3.91. The zero-order chi connectivity index (χ0) is 9.64. The maximum atomic E-state index is 9.54. The highest BCUT2D eigenvalue weighted by atomic mass is 16.8. The Morgan fingerprint density at radius 3 is 2.77 bits per heavy atom. The molecule has 0 spiro atoms. The molecule has 3 atom stereocenters. The van der Waals surface area contributed by atoms with Crippen molar-refractivity contribution in [1.82, 2.24) is 0 Å². The minimum atomic E-state index is -0.662. The first kappa shape index (κ1) is 9.15. The van der Waals surface area contributed by atoms with E-state index in [1.807, 2.05) is 0 Å². The molecule has 0 aromatic carbocycles. The van der Waals surface area contributed by atoms with Gasteiger partial charge in [0.15, 0.2) is 5.79 Å². The summed E-state index contributed by atoms with van der Waals surface area (Å²) in [4.78, 5) is 0. The van der Waals surface area contributed by atoms with Gasteiger partial charge in [-0.05, 0) is 25.5 Å². The summed E-state index contributed by atoms with van der Waals surface area (Å²) in [6, 6.07) is 0. The smallest absolute Gasteiger partial charge is 0.164 e. The molecule has 3 unspecified atom stereocenters. The van der Waals surface area contributed by atoms with Gasteiger partial charge in [-0.3, -0.25) is 0 Å². The fourth-order valence-corrected chi connectivity index (χ4v) is 1.88. The van der Waals surface area contributed by atoms with Crippen molar-refractivity contribution in [2.75, 3.05) is 6.61 Å². The number of hydrogen-bond acceptors (Lipinski definition) is 4. The first-order valence-electron chi connectivity index (χ1n) is 4.38. The van der Waals surface area contributed by atoms with E-state index >= 15 is 0 Å². The van der Waals surface area contributed by atoms with E-state index in [-0.39, 0.29) is 18.8 Å². The lowest BCUT2D eigenvalue weighted by molar-refractivity contribution is -0.153. The average molecular weight is 186 g/mol. The molecular weight excluding hydrogens is 172 g/mol. The van der Waals surface area contributed by atoms with Gasteiger partial charge in [0, 0.05) is 0 Å². The minimum Gasteiger partial charge on any atom is -0.392 e. The molecule has 2 N–H and O–H groups in total. The van der Waals surface area contributed by atoms with Gasteiger partial charge >= 0.3 is 0 Å². The Morgan fingerprint density at radius 2 is 2.15 bits per heavy atom. The van der Waals surface area contributed by atoms with Gasteiger partial charge in [0.1, 0.15) is 18.3 Å². The highest BCUT2D eigenvalue weighted by molar-refractivity contribution is 5.24. The van der Waals surface area contributed by atoms with E-state index in [0.29, 0.717) is 5.57 Å². The molecule has 2 rings (SSSR count). The van der Waals surface area contributed by atoms with Gasteiger partial charge < -0.3 is 19.7 Å². The Balaban J connectivity index is 2.19. The van der Waals surface area contributed by atoms with Gasteiger partial charge in [0.25, 0.3) is 0 Å². The SMILES string of the molecule is CC1(C)OC2C(CO)=CC(O)C2O1. The Kier molecular flexibility index (Phi) is 1.96. The molecule has 1 saturated heterocycles. The molecule has 1 aliphatic heterocycles. The molecule has 1 heterocycles. The molecule has 4 nitrogen and oxygen atoms in total. The van der Waals surface area contributed by atoms with Crippen molar-refractivity contribution in [2.24, 2.45) is 0 Å². The minimum absolute atomic E-state index is 0.0856. The normalized spacial score (nSPS) is 41.8. The third-order valence-electron chi connectivity index (χ3n) is 2.40. The lowest BCUT2D eigenvalue weighted by Gasteiger charge is -2.18. The van der Waals surface area contributed by atoms with E-state index in [9.17, 15) is 5.11 Å². The molecule has 0 saturated carbocycles. The third kappa shape index (κ3) is 1.40. The number of rotatable bonds is 1. The second kappa shape index (κ2) is 2.78. The van der Waals surface area contributed by atoms with E-state index in [4.69, 9.17) is 14.6 Å².